The van der Waals surface area contributed by atoms with Gasteiger partial charge in [-0.1, -0.05) is 19.3 Å². The van der Waals surface area contributed by atoms with E-state index in [1.54, 1.807) is 0 Å². The number of amides is 2. The second-order valence-electron chi connectivity index (χ2n) is 6.66. The zero-order chi connectivity index (χ0) is 15.1. The van der Waals surface area contributed by atoms with Gasteiger partial charge in [0, 0.05) is 18.5 Å². The van der Waals surface area contributed by atoms with Gasteiger partial charge in [-0.3, -0.25) is 9.59 Å². The zero-order valence-electron chi connectivity index (χ0n) is 12.9. The van der Waals surface area contributed by atoms with Crippen LogP contribution < -0.4 is 16.4 Å². The quantitative estimate of drug-likeness (QED) is 0.718. The maximum absolute atomic E-state index is 11.8. The number of hydrogen-bond donors (Lipinski definition) is 3. The molecule has 0 aromatic rings. The van der Waals surface area contributed by atoms with Gasteiger partial charge in [-0.15, -0.1) is 0 Å². The van der Waals surface area contributed by atoms with E-state index in [0.29, 0.717) is 12.3 Å². The van der Waals surface area contributed by atoms with Crippen LogP contribution >= 0.6 is 0 Å². The van der Waals surface area contributed by atoms with Crippen molar-refractivity contribution in [2.24, 2.45) is 11.7 Å². The predicted octanol–water partition coefficient (Wildman–Crippen LogP) is 1.46. The number of carbonyl (C=O) groups is 2. The molecule has 0 aromatic carbocycles. The minimum atomic E-state index is -0.0764. The third-order valence-corrected chi connectivity index (χ3v) is 4.78. The number of carbonyl (C=O) groups excluding carboxylic acids is 2. The van der Waals surface area contributed by atoms with Crippen LogP contribution in [0.2, 0.25) is 0 Å². The van der Waals surface area contributed by atoms with Crippen LogP contribution in [-0.4, -0.2) is 30.4 Å². The maximum Gasteiger partial charge on any atom is 0.239 e. The molecule has 0 saturated heterocycles. The fourth-order valence-corrected chi connectivity index (χ4v) is 3.45. The molecule has 5 nitrogen and oxygen atoms in total. The van der Waals surface area contributed by atoms with E-state index in [1.807, 2.05) is 0 Å². The van der Waals surface area contributed by atoms with Crippen molar-refractivity contribution in [3.05, 3.63) is 0 Å². The molecule has 2 fully saturated rings. The molecule has 21 heavy (non-hydrogen) atoms. The van der Waals surface area contributed by atoms with Gasteiger partial charge in [0.15, 0.2) is 0 Å². The Bertz CT molecular complexity index is 345. The van der Waals surface area contributed by atoms with Crippen molar-refractivity contribution in [2.45, 2.75) is 76.3 Å². The monoisotopic (exact) mass is 295 g/mol. The molecule has 0 bridgehead atoms. The van der Waals surface area contributed by atoms with Crippen molar-refractivity contribution in [3.8, 4) is 0 Å². The smallest absolute Gasteiger partial charge is 0.239 e. The third kappa shape index (κ3) is 6.04. The molecule has 0 spiro atoms. The average Bonchev–Trinajstić information content (AvgIpc) is 2.49. The molecule has 2 amide bonds. The Morgan fingerprint density at radius 2 is 1.57 bits per heavy atom. The van der Waals surface area contributed by atoms with E-state index in [1.165, 1.54) is 19.3 Å². The second kappa shape index (κ2) is 8.37. The summed E-state index contributed by atoms with van der Waals surface area (Å²) < 4.78 is 0. The molecule has 120 valence electrons. The lowest BCUT2D eigenvalue weighted by molar-refractivity contribution is -0.127. The number of rotatable bonds is 5. The molecular weight excluding hydrogens is 266 g/mol. The molecule has 0 heterocycles. The van der Waals surface area contributed by atoms with E-state index < -0.39 is 0 Å². The standard InChI is InChI=1S/C16H29N3O2/c17-13-6-8-14(9-7-13)19-16(21)11-18-15(20)10-12-4-2-1-3-5-12/h12-14H,1-11,17H2,(H,18,20)(H,19,21). The fourth-order valence-electron chi connectivity index (χ4n) is 3.45. The van der Waals surface area contributed by atoms with E-state index in [9.17, 15) is 9.59 Å². The molecule has 2 rings (SSSR count). The van der Waals surface area contributed by atoms with Gasteiger partial charge in [-0.05, 0) is 44.4 Å². The summed E-state index contributed by atoms with van der Waals surface area (Å²) in [7, 11) is 0. The first-order valence-electron chi connectivity index (χ1n) is 8.45. The normalized spacial score (nSPS) is 27.1. The van der Waals surface area contributed by atoms with Crippen LogP contribution in [-0.2, 0) is 9.59 Å². The van der Waals surface area contributed by atoms with Crippen LogP contribution in [0.15, 0.2) is 0 Å². The van der Waals surface area contributed by atoms with E-state index >= 15 is 0 Å². The van der Waals surface area contributed by atoms with Crippen molar-refractivity contribution in [3.63, 3.8) is 0 Å². The second-order valence-corrected chi connectivity index (χ2v) is 6.66. The summed E-state index contributed by atoms with van der Waals surface area (Å²) in [6, 6.07) is 0.515. The first-order valence-corrected chi connectivity index (χ1v) is 8.45. The lowest BCUT2D eigenvalue weighted by atomic mass is 9.87. The Morgan fingerprint density at radius 1 is 0.905 bits per heavy atom. The molecule has 5 heteroatoms. The Morgan fingerprint density at radius 3 is 2.24 bits per heavy atom. The van der Waals surface area contributed by atoms with Crippen LogP contribution in [0, 0.1) is 5.92 Å². The molecule has 0 atom stereocenters. The van der Waals surface area contributed by atoms with Crippen LogP contribution in [0.25, 0.3) is 0 Å². The van der Waals surface area contributed by atoms with Crippen molar-refractivity contribution in [1.82, 2.24) is 10.6 Å². The zero-order valence-corrected chi connectivity index (χ0v) is 12.9. The van der Waals surface area contributed by atoms with E-state index in [0.717, 1.165) is 38.5 Å². The van der Waals surface area contributed by atoms with Crippen LogP contribution in [0.5, 0.6) is 0 Å². The van der Waals surface area contributed by atoms with E-state index in [2.05, 4.69) is 10.6 Å². The van der Waals surface area contributed by atoms with Crippen molar-refractivity contribution in [2.75, 3.05) is 6.54 Å². The molecule has 0 unspecified atom stereocenters. The Balaban J connectivity index is 1.58. The van der Waals surface area contributed by atoms with Gasteiger partial charge in [0.05, 0.1) is 6.54 Å². The van der Waals surface area contributed by atoms with Gasteiger partial charge in [-0.2, -0.15) is 0 Å². The molecule has 0 radical (unpaired) electrons. The highest BCUT2D eigenvalue weighted by Crippen LogP contribution is 2.26. The molecular formula is C16H29N3O2. The average molecular weight is 295 g/mol. The molecule has 2 aliphatic carbocycles. The summed E-state index contributed by atoms with van der Waals surface area (Å²) in [6.45, 7) is 0.105. The number of nitrogens with one attached hydrogen (secondary N) is 2. The lowest BCUT2D eigenvalue weighted by Gasteiger charge is -2.26. The molecule has 2 aliphatic rings. The highest BCUT2D eigenvalue weighted by atomic mass is 16.2. The highest BCUT2D eigenvalue weighted by Gasteiger charge is 2.21. The van der Waals surface area contributed by atoms with Crippen molar-refractivity contribution in [1.29, 1.82) is 0 Å². The van der Waals surface area contributed by atoms with Gasteiger partial charge in [0.1, 0.15) is 0 Å². The van der Waals surface area contributed by atoms with Gasteiger partial charge in [0.25, 0.3) is 0 Å². The first kappa shape index (κ1) is 16.3. The van der Waals surface area contributed by atoms with Gasteiger partial charge in [-0.25, -0.2) is 0 Å². The summed E-state index contributed by atoms with van der Waals surface area (Å²) in [4.78, 5) is 23.7. The minimum absolute atomic E-state index is 0.0164. The van der Waals surface area contributed by atoms with E-state index in [4.69, 9.17) is 5.73 Å². The van der Waals surface area contributed by atoms with Gasteiger partial charge in [0.2, 0.25) is 11.8 Å². The van der Waals surface area contributed by atoms with Gasteiger partial charge < -0.3 is 16.4 Å². The van der Waals surface area contributed by atoms with Crippen molar-refractivity contribution >= 4 is 11.8 Å². The maximum atomic E-state index is 11.8. The van der Waals surface area contributed by atoms with E-state index in [-0.39, 0.29) is 30.4 Å². The summed E-state index contributed by atoms with van der Waals surface area (Å²) in [5.74, 6) is 0.455. The van der Waals surface area contributed by atoms with Crippen LogP contribution in [0.4, 0.5) is 0 Å². The Hall–Kier alpha value is -1.10. The number of nitrogens with two attached hydrogens (primary N) is 1. The summed E-state index contributed by atoms with van der Waals surface area (Å²) in [5.41, 5.74) is 5.85. The highest BCUT2D eigenvalue weighted by molar-refractivity contribution is 5.84. The lowest BCUT2D eigenvalue weighted by Crippen LogP contribution is -2.44. The third-order valence-electron chi connectivity index (χ3n) is 4.78. The summed E-state index contributed by atoms with van der Waals surface area (Å²) in [5, 5.41) is 5.74. The topological polar surface area (TPSA) is 84.2 Å². The van der Waals surface area contributed by atoms with Crippen molar-refractivity contribution < 1.29 is 9.59 Å². The van der Waals surface area contributed by atoms with Crippen LogP contribution in [0.3, 0.4) is 0 Å². The predicted molar refractivity (Wildman–Crippen MR) is 82.6 cm³/mol. The van der Waals surface area contributed by atoms with Crippen LogP contribution in [0.1, 0.15) is 64.2 Å². The summed E-state index contributed by atoms with van der Waals surface area (Å²) >= 11 is 0. The molecule has 0 aromatic heterocycles. The first-order chi connectivity index (χ1) is 10.1. The fraction of sp³-hybridized carbons (Fsp3) is 0.875. The summed E-state index contributed by atoms with van der Waals surface area (Å²) in [6.07, 6.45) is 10.5. The molecule has 4 N–H and O–H groups in total. The SMILES string of the molecule is NC1CCC(NC(=O)CNC(=O)CC2CCCCC2)CC1. The van der Waals surface area contributed by atoms with Gasteiger partial charge >= 0.3 is 0 Å². The Kier molecular flexibility index (Phi) is 6.49. The number of hydrogen-bond acceptors (Lipinski definition) is 3. The minimum Gasteiger partial charge on any atom is -0.352 e. The largest absolute Gasteiger partial charge is 0.352 e. The molecule has 0 aliphatic heterocycles. The Labute approximate surface area is 127 Å². The molecule has 2 saturated carbocycles.